The van der Waals surface area contributed by atoms with Gasteiger partial charge in [-0.15, -0.1) is 0 Å². The van der Waals surface area contributed by atoms with Crippen LogP contribution in [0.4, 0.5) is 0 Å². The van der Waals surface area contributed by atoms with Crippen LogP contribution >= 0.6 is 0 Å². The van der Waals surface area contributed by atoms with Crippen molar-refractivity contribution in [2.45, 2.75) is 32.5 Å². The number of rotatable bonds is 3. The van der Waals surface area contributed by atoms with Crippen molar-refractivity contribution in [1.29, 1.82) is 0 Å². The number of nitrogens with zero attached hydrogens (tertiary/aromatic N) is 1. The van der Waals surface area contributed by atoms with Gasteiger partial charge in [0.05, 0.1) is 0 Å². The maximum Gasteiger partial charge on any atom is 0.0483 e. The first-order valence-electron chi connectivity index (χ1n) is 7.31. The van der Waals surface area contributed by atoms with Crippen LogP contribution in [0.2, 0.25) is 0 Å². The molecule has 1 aliphatic rings. The summed E-state index contributed by atoms with van der Waals surface area (Å²) in [6.45, 7) is 6.09. The molecule has 2 unspecified atom stereocenters. The van der Waals surface area contributed by atoms with Gasteiger partial charge in [0.25, 0.3) is 0 Å². The van der Waals surface area contributed by atoms with Gasteiger partial charge in [0.15, 0.2) is 0 Å². The molecule has 0 bridgehead atoms. The smallest absolute Gasteiger partial charge is 0.0483 e. The third-order valence-corrected chi connectivity index (χ3v) is 4.42. The number of fused-ring (bicyclic) bond motifs is 1. The fourth-order valence-electron chi connectivity index (χ4n) is 3.25. The predicted molar refractivity (Wildman–Crippen MR) is 83.4 cm³/mol. The normalized spacial score (nSPS) is 19.9. The lowest BCUT2D eigenvalue weighted by Crippen LogP contribution is -2.30. The van der Waals surface area contributed by atoms with Crippen LogP contribution in [0, 0.1) is 6.92 Å². The Morgan fingerprint density at radius 3 is 2.65 bits per heavy atom. The van der Waals surface area contributed by atoms with Gasteiger partial charge in [0.2, 0.25) is 0 Å². The molecule has 2 N–H and O–H groups in total. The van der Waals surface area contributed by atoms with Crippen molar-refractivity contribution in [3.63, 3.8) is 0 Å². The minimum atomic E-state index is 0.333. The largest absolute Gasteiger partial charge is 0.329 e. The summed E-state index contributed by atoms with van der Waals surface area (Å²) in [5, 5.41) is 0. The fourth-order valence-corrected chi connectivity index (χ4v) is 3.25. The molecule has 0 spiro atoms. The molecule has 0 radical (unpaired) electrons. The third kappa shape index (κ3) is 2.26. The van der Waals surface area contributed by atoms with Crippen LogP contribution in [-0.4, -0.2) is 11.4 Å². The number of hydrogen-bond acceptors (Lipinski definition) is 2. The molecule has 0 aliphatic carbocycles. The summed E-state index contributed by atoms with van der Waals surface area (Å²) in [5.74, 6) is 0. The molecule has 2 aromatic rings. The van der Waals surface area contributed by atoms with Crippen molar-refractivity contribution in [1.82, 2.24) is 4.90 Å². The monoisotopic (exact) mass is 266 g/mol. The molecule has 0 fully saturated rings. The maximum atomic E-state index is 6.06. The topological polar surface area (TPSA) is 29.3 Å². The second-order valence-electron chi connectivity index (χ2n) is 5.71. The van der Waals surface area contributed by atoms with Crippen LogP contribution in [0.25, 0.3) is 0 Å². The second kappa shape index (κ2) is 5.39. The molecule has 20 heavy (non-hydrogen) atoms. The van der Waals surface area contributed by atoms with E-state index in [9.17, 15) is 0 Å². The summed E-state index contributed by atoms with van der Waals surface area (Å²) >= 11 is 0. The highest BCUT2D eigenvalue weighted by atomic mass is 15.2. The molecule has 2 nitrogen and oxygen atoms in total. The Hall–Kier alpha value is -1.64. The predicted octanol–water partition coefficient (Wildman–Crippen LogP) is 3.57. The van der Waals surface area contributed by atoms with Crippen LogP contribution in [0.5, 0.6) is 0 Å². The van der Waals surface area contributed by atoms with Crippen molar-refractivity contribution >= 4 is 0 Å². The zero-order chi connectivity index (χ0) is 14.1. The van der Waals surface area contributed by atoms with Gasteiger partial charge in [-0.1, -0.05) is 54.1 Å². The first-order chi connectivity index (χ1) is 9.70. The van der Waals surface area contributed by atoms with Crippen LogP contribution < -0.4 is 5.73 Å². The summed E-state index contributed by atoms with van der Waals surface area (Å²) in [5.41, 5.74) is 11.6. The third-order valence-electron chi connectivity index (χ3n) is 4.42. The van der Waals surface area contributed by atoms with E-state index in [1.165, 1.54) is 22.3 Å². The van der Waals surface area contributed by atoms with Crippen LogP contribution in [0.1, 0.15) is 41.3 Å². The summed E-state index contributed by atoms with van der Waals surface area (Å²) in [6.07, 6.45) is 0. The summed E-state index contributed by atoms with van der Waals surface area (Å²) in [7, 11) is 0. The summed E-state index contributed by atoms with van der Waals surface area (Å²) < 4.78 is 0. The Balaban J connectivity index is 1.93. The highest BCUT2D eigenvalue weighted by Crippen LogP contribution is 2.39. The quantitative estimate of drug-likeness (QED) is 0.920. The number of hydrogen-bond donors (Lipinski definition) is 1. The fraction of sp³-hybridized carbons (Fsp3) is 0.333. The Bertz CT molecular complexity index is 592. The van der Waals surface area contributed by atoms with E-state index in [1.54, 1.807) is 0 Å². The Kier molecular flexibility index (Phi) is 3.60. The molecule has 104 valence electrons. The summed E-state index contributed by atoms with van der Waals surface area (Å²) in [4.78, 5) is 2.51. The number of benzene rings is 2. The molecular weight excluding hydrogens is 244 g/mol. The molecule has 0 saturated carbocycles. The molecule has 2 atom stereocenters. The molecule has 1 heterocycles. The average molecular weight is 266 g/mol. The summed E-state index contributed by atoms with van der Waals surface area (Å²) in [6, 6.07) is 18.2. The van der Waals surface area contributed by atoms with Crippen molar-refractivity contribution in [3.05, 3.63) is 70.8 Å². The molecule has 3 rings (SSSR count). The van der Waals surface area contributed by atoms with E-state index in [0.29, 0.717) is 18.6 Å². The molecule has 0 saturated heterocycles. The first kappa shape index (κ1) is 13.3. The van der Waals surface area contributed by atoms with E-state index in [0.717, 1.165) is 6.54 Å². The number of aryl methyl sites for hydroxylation is 1. The maximum absolute atomic E-state index is 6.06. The van der Waals surface area contributed by atoms with Crippen molar-refractivity contribution in [2.75, 3.05) is 6.54 Å². The zero-order valence-electron chi connectivity index (χ0n) is 12.2. The van der Waals surface area contributed by atoms with Crippen molar-refractivity contribution in [2.24, 2.45) is 5.73 Å². The average Bonchev–Trinajstić information content (AvgIpc) is 2.85. The Morgan fingerprint density at radius 2 is 1.95 bits per heavy atom. The second-order valence-corrected chi connectivity index (χ2v) is 5.71. The Labute approximate surface area is 121 Å². The van der Waals surface area contributed by atoms with E-state index >= 15 is 0 Å². The van der Waals surface area contributed by atoms with Gasteiger partial charge in [-0.3, -0.25) is 4.90 Å². The first-order valence-corrected chi connectivity index (χ1v) is 7.31. The van der Waals surface area contributed by atoms with Gasteiger partial charge in [-0.25, -0.2) is 0 Å². The molecule has 2 heteroatoms. The molecule has 0 amide bonds. The molecule has 2 aromatic carbocycles. The van der Waals surface area contributed by atoms with Gasteiger partial charge in [0, 0.05) is 25.2 Å². The van der Waals surface area contributed by atoms with Crippen molar-refractivity contribution < 1.29 is 0 Å². The standard InChI is InChI=1S/C18H22N2/c1-13-8-9-16-12-20(18(11-19)17(16)10-13)14(2)15-6-4-3-5-7-15/h3-10,14,18H,11-12,19H2,1-2H3. The highest BCUT2D eigenvalue weighted by Gasteiger charge is 2.32. The van der Waals surface area contributed by atoms with Gasteiger partial charge < -0.3 is 5.73 Å². The lowest BCUT2D eigenvalue weighted by atomic mass is 10.0. The van der Waals surface area contributed by atoms with Crippen molar-refractivity contribution in [3.8, 4) is 0 Å². The van der Waals surface area contributed by atoms with Gasteiger partial charge in [-0.2, -0.15) is 0 Å². The minimum Gasteiger partial charge on any atom is -0.329 e. The SMILES string of the molecule is Cc1ccc2c(c1)C(CN)N(C(C)c1ccccc1)C2. The Morgan fingerprint density at radius 1 is 1.20 bits per heavy atom. The van der Waals surface area contributed by atoms with E-state index in [-0.39, 0.29) is 0 Å². The van der Waals surface area contributed by atoms with Gasteiger partial charge in [0.1, 0.15) is 0 Å². The lowest BCUT2D eigenvalue weighted by molar-refractivity contribution is 0.161. The molecular formula is C18H22N2. The van der Waals surface area contributed by atoms with Crippen LogP contribution in [0.15, 0.2) is 48.5 Å². The van der Waals surface area contributed by atoms with E-state index in [2.05, 4.69) is 67.3 Å². The van der Waals surface area contributed by atoms with Gasteiger partial charge in [-0.05, 0) is 30.5 Å². The van der Waals surface area contributed by atoms with Crippen LogP contribution in [0.3, 0.4) is 0 Å². The number of nitrogens with two attached hydrogens (primary N) is 1. The lowest BCUT2D eigenvalue weighted by Gasteiger charge is -2.30. The highest BCUT2D eigenvalue weighted by molar-refractivity contribution is 5.38. The minimum absolute atomic E-state index is 0.333. The van der Waals surface area contributed by atoms with Gasteiger partial charge >= 0.3 is 0 Å². The zero-order valence-corrected chi connectivity index (χ0v) is 12.2. The van der Waals surface area contributed by atoms with Crippen LogP contribution in [-0.2, 0) is 6.54 Å². The van der Waals surface area contributed by atoms with E-state index in [1.807, 2.05) is 0 Å². The molecule has 1 aliphatic heterocycles. The van der Waals surface area contributed by atoms with E-state index in [4.69, 9.17) is 5.73 Å². The van der Waals surface area contributed by atoms with E-state index < -0.39 is 0 Å². The molecule has 0 aromatic heterocycles.